The first-order valence-corrected chi connectivity index (χ1v) is 10.6. The van der Waals surface area contributed by atoms with E-state index in [1.165, 1.54) is 0 Å². The Kier molecular flexibility index (Phi) is 8.18. The molecule has 1 aromatic heterocycles. The third-order valence-electron chi connectivity index (χ3n) is 5.11. The lowest BCUT2D eigenvalue weighted by Gasteiger charge is -2.12. The Morgan fingerprint density at radius 2 is 1.85 bits per heavy atom. The molecular weight excluding hydrogens is 427 g/mol. The predicted octanol–water partition coefficient (Wildman–Crippen LogP) is 5.14. The number of aliphatic carboxylic acids is 1. The van der Waals surface area contributed by atoms with Gasteiger partial charge in [-0.25, -0.2) is 9.37 Å². The summed E-state index contributed by atoms with van der Waals surface area (Å²) >= 11 is 0. The van der Waals surface area contributed by atoms with Gasteiger partial charge in [0.15, 0.2) is 0 Å². The molecule has 1 N–H and O–H groups in total. The van der Waals surface area contributed by atoms with E-state index in [4.69, 9.17) is 14.0 Å². The van der Waals surface area contributed by atoms with Crippen molar-refractivity contribution in [3.8, 4) is 17.2 Å². The number of hydrogen-bond donors (Lipinski definition) is 1. The first-order chi connectivity index (χ1) is 15.9. The standard InChI is InChI=1S/C25H27FN2O5/c1-16-4-8-20(9-5-16)24-27-23(18(3)33-24)15-31-21-10-6-19(7-11-21)14-22(25(29)30)17(2)28-32-13-12-26/h4-11,22H,12-15H2,1-3H3,(H,29,30). The van der Waals surface area contributed by atoms with Crippen LogP contribution in [0.5, 0.6) is 5.75 Å². The number of aromatic nitrogens is 1. The number of nitrogens with zero attached hydrogens (tertiary/aromatic N) is 2. The summed E-state index contributed by atoms with van der Waals surface area (Å²) in [7, 11) is 0. The molecule has 3 rings (SSSR count). The molecule has 33 heavy (non-hydrogen) atoms. The van der Waals surface area contributed by atoms with Crippen molar-refractivity contribution in [1.29, 1.82) is 0 Å². The largest absolute Gasteiger partial charge is 0.487 e. The molecule has 174 valence electrons. The lowest BCUT2D eigenvalue weighted by Crippen LogP contribution is -2.24. The third kappa shape index (κ3) is 6.65. The highest BCUT2D eigenvalue weighted by Gasteiger charge is 2.22. The smallest absolute Gasteiger partial charge is 0.312 e. The summed E-state index contributed by atoms with van der Waals surface area (Å²) in [6.07, 6.45) is 0.228. The fourth-order valence-corrected chi connectivity index (χ4v) is 3.15. The topological polar surface area (TPSA) is 94.2 Å². The zero-order valence-corrected chi connectivity index (χ0v) is 18.9. The van der Waals surface area contributed by atoms with E-state index in [0.29, 0.717) is 23.1 Å². The molecule has 0 fully saturated rings. The molecule has 0 aliphatic heterocycles. The van der Waals surface area contributed by atoms with Crippen molar-refractivity contribution in [3.63, 3.8) is 0 Å². The van der Waals surface area contributed by atoms with Crippen molar-refractivity contribution in [2.24, 2.45) is 11.1 Å². The molecule has 2 aromatic carbocycles. The van der Waals surface area contributed by atoms with Gasteiger partial charge in [-0.2, -0.15) is 0 Å². The van der Waals surface area contributed by atoms with Gasteiger partial charge in [0.1, 0.15) is 43.0 Å². The molecule has 7 nitrogen and oxygen atoms in total. The van der Waals surface area contributed by atoms with E-state index < -0.39 is 18.6 Å². The van der Waals surface area contributed by atoms with Crippen LogP contribution in [0, 0.1) is 19.8 Å². The van der Waals surface area contributed by atoms with Gasteiger partial charge in [0.25, 0.3) is 0 Å². The Morgan fingerprint density at radius 3 is 2.48 bits per heavy atom. The number of aryl methyl sites for hydroxylation is 2. The van der Waals surface area contributed by atoms with Crippen LogP contribution < -0.4 is 4.74 Å². The van der Waals surface area contributed by atoms with Gasteiger partial charge < -0.3 is 19.1 Å². The van der Waals surface area contributed by atoms with E-state index in [2.05, 4.69) is 10.1 Å². The average molecular weight is 454 g/mol. The van der Waals surface area contributed by atoms with E-state index in [-0.39, 0.29) is 25.3 Å². The van der Waals surface area contributed by atoms with Gasteiger partial charge in [-0.05, 0) is 57.0 Å². The quantitative estimate of drug-likeness (QED) is 0.245. The summed E-state index contributed by atoms with van der Waals surface area (Å²) in [4.78, 5) is 20.9. The van der Waals surface area contributed by atoms with E-state index in [9.17, 15) is 14.3 Å². The second kappa shape index (κ2) is 11.3. The van der Waals surface area contributed by atoms with E-state index >= 15 is 0 Å². The number of halogens is 1. The van der Waals surface area contributed by atoms with Crippen LogP contribution in [-0.2, 0) is 22.7 Å². The molecule has 0 saturated carbocycles. The number of oxime groups is 1. The number of carbonyl (C=O) groups is 1. The van der Waals surface area contributed by atoms with E-state index in [1.54, 1.807) is 31.2 Å². The second-order valence-electron chi connectivity index (χ2n) is 7.67. The first kappa shape index (κ1) is 24.0. The molecule has 0 aliphatic rings. The summed E-state index contributed by atoms with van der Waals surface area (Å²) in [6, 6.07) is 15.1. The molecule has 0 aliphatic carbocycles. The maximum absolute atomic E-state index is 12.1. The van der Waals surface area contributed by atoms with Crippen molar-refractivity contribution < 1.29 is 28.3 Å². The van der Waals surface area contributed by atoms with Crippen LogP contribution in [0.3, 0.4) is 0 Å². The van der Waals surface area contributed by atoms with Crippen LogP contribution in [0.25, 0.3) is 11.5 Å². The lowest BCUT2D eigenvalue weighted by atomic mass is 9.95. The SMILES string of the molecule is CC(=NOCCF)C(Cc1ccc(OCc2nc(-c3ccc(C)cc3)oc2C)cc1)C(=O)O. The van der Waals surface area contributed by atoms with Crippen LogP contribution in [0.1, 0.15) is 29.5 Å². The summed E-state index contributed by atoms with van der Waals surface area (Å²) in [5, 5.41) is 13.2. The van der Waals surface area contributed by atoms with E-state index in [1.807, 2.05) is 38.1 Å². The van der Waals surface area contributed by atoms with Crippen LogP contribution in [0.2, 0.25) is 0 Å². The third-order valence-corrected chi connectivity index (χ3v) is 5.11. The van der Waals surface area contributed by atoms with Gasteiger partial charge in [0.05, 0.1) is 5.71 Å². The number of rotatable bonds is 11. The molecule has 1 atom stereocenters. The molecule has 0 saturated heterocycles. The molecule has 0 bridgehead atoms. The minimum Gasteiger partial charge on any atom is -0.487 e. The number of carboxylic acid groups (broad SMARTS) is 1. The van der Waals surface area contributed by atoms with Gasteiger partial charge in [0.2, 0.25) is 5.89 Å². The molecular formula is C25H27FN2O5. The van der Waals surface area contributed by atoms with Crippen molar-refractivity contribution in [2.45, 2.75) is 33.8 Å². The maximum atomic E-state index is 12.1. The minimum atomic E-state index is -1.02. The Bertz CT molecular complexity index is 1090. The highest BCUT2D eigenvalue weighted by molar-refractivity contribution is 6.00. The summed E-state index contributed by atoms with van der Waals surface area (Å²) in [5.74, 6) is -0.0211. The van der Waals surface area contributed by atoms with Crippen LogP contribution in [-0.4, -0.2) is 35.1 Å². The summed E-state index contributed by atoms with van der Waals surface area (Å²) in [6.45, 7) is 4.79. The van der Waals surface area contributed by atoms with Crippen molar-refractivity contribution >= 4 is 11.7 Å². The molecule has 8 heteroatoms. The first-order valence-electron chi connectivity index (χ1n) is 10.6. The van der Waals surface area contributed by atoms with Gasteiger partial charge in [-0.1, -0.05) is 35.0 Å². The van der Waals surface area contributed by atoms with Gasteiger partial charge in [-0.15, -0.1) is 0 Å². The molecule has 0 radical (unpaired) electrons. The summed E-state index contributed by atoms with van der Waals surface area (Å²) in [5.41, 5.74) is 3.86. The monoisotopic (exact) mass is 454 g/mol. The number of benzene rings is 2. The average Bonchev–Trinajstić information content (AvgIpc) is 3.17. The Morgan fingerprint density at radius 1 is 1.15 bits per heavy atom. The van der Waals surface area contributed by atoms with Gasteiger partial charge >= 0.3 is 5.97 Å². The van der Waals surface area contributed by atoms with Crippen molar-refractivity contribution in [1.82, 2.24) is 4.98 Å². The lowest BCUT2D eigenvalue weighted by molar-refractivity contribution is -0.139. The Balaban J connectivity index is 1.61. The zero-order valence-electron chi connectivity index (χ0n) is 18.9. The molecule has 1 heterocycles. The maximum Gasteiger partial charge on any atom is 0.312 e. The normalized spacial score (nSPS) is 12.4. The molecule has 0 amide bonds. The Hall–Kier alpha value is -3.68. The molecule has 3 aromatic rings. The fraction of sp³-hybridized carbons (Fsp3) is 0.320. The van der Waals surface area contributed by atoms with Crippen molar-refractivity contribution in [3.05, 3.63) is 71.1 Å². The van der Waals surface area contributed by atoms with E-state index in [0.717, 1.165) is 16.7 Å². The van der Waals surface area contributed by atoms with Crippen LogP contribution >= 0.6 is 0 Å². The van der Waals surface area contributed by atoms with Gasteiger partial charge in [0, 0.05) is 5.56 Å². The number of ether oxygens (including phenoxy) is 1. The van der Waals surface area contributed by atoms with Crippen LogP contribution in [0.15, 0.2) is 58.1 Å². The fourth-order valence-electron chi connectivity index (χ4n) is 3.15. The number of oxazole rings is 1. The highest BCUT2D eigenvalue weighted by Crippen LogP contribution is 2.24. The van der Waals surface area contributed by atoms with Gasteiger partial charge in [-0.3, -0.25) is 4.79 Å². The zero-order chi connectivity index (χ0) is 23.8. The number of carboxylic acids is 1. The summed E-state index contributed by atoms with van der Waals surface area (Å²) < 4.78 is 23.8. The number of alkyl halides is 1. The van der Waals surface area contributed by atoms with Crippen molar-refractivity contribution in [2.75, 3.05) is 13.3 Å². The predicted molar refractivity (Wildman–Crippen MR) is 122 cm³/mol. The second-order valence-corrected chi connectivity index (χ2v) is 7.67. The number of hydrogen-bond acceptors (Lipinski definition) is 6. The Labute approximate surface area is 191 Å². The van der Waals surface area contributed by atoms with Crippen LogP contribution in [0.4, 0.5) is 4.39 Å². The highest BCUT2D eigenvalue weighted by atomic mass is 19.1. The molecule has 1 unspecified atom stereocenters. The molecule has 0 spiro atoms. The minimum absolute atomic E-state index is 0.201.